The average molecular weight is 758 g/mol. The molecule has 0 saturated carbocycles. The molecule has 1 unspecified atom stereocenters. The lowest BCUT2D eigenvalue weighted by Crippen LogP contribution is -2.45. The monoisotopic (exact) mass is 757 g/mol. The van der Waals surface area contributed by atoms with E-state index < -0.39 is 32.9 Å². The van der Waals surface area contributed by atoms with Crippen molar-refractivity contribution in [3.05, 3.63) is 101 Å². The first-order chi connectivity index (χ1) is 25.7. The van der Waals surface area contributed by atoms with Crippen LogP contribution < -0.4 is 16.1 Å². The number of rotatable bonds is 12. The second-order valence-corrected chi connectivity index (χ2v) is 17.2. The lowest BCUT2D eigenvalue weighted by atomic mass is 9.94. The molecule has 11 nitrogen and oxygen atoms in total. The number of carbonyl (C=O) groups excluding carboxylic acids is 3. The molecule has 53 heavy (non-hydrogen) atoms. The molecule has 0 radical (unpaired) electrons. The van der Waals surface area contributed by atoms with Gasteiger partial charge in [-0.2, -0.15) is 0 Å². The molecule has 4 aromatic rings. The summed E-state index contributed by atoms with van der Waals surface area (Å²) in [5, 5.41) is 5.56. The molecule has 278 valence electrons. The number of benzene rings is 3. The van der Waals surface area contributed by atoms with Gasteiger partial charge < -0.3 is 20.1 Å². The van der Waals surface area contributed by atoms with Gasteiger partial charge in [-0.05, 0) is 77.8 Å². The summed E-state index contributed by atoms with van der Waals surface area (Å²) in [4.78, 5) is 45.4. The molecule has 3 N–H and O–H groups in total. The average Bonchev–Trinajstić information content (AvgIpc) is 3.79. The summed E-state index contributed by atoms with van der Waals surface area (Å²) in [6, 6.07) is 27.2. The van der Waals surface area contributed by atoms with E-state index >= 15 is 0 Å². The van der Waals surface area contributed by atoms with Crippen LogP contribution in [0.3, 0.4) is 0 Å². The highest BCUT2D eigenvalue weighted by Gasteiger charge is 2.49. The molecule has 3 aromatic carbocycles. The normalized spacial score (nSPS) is 20.5. The van der Waals surface area contributed by atoms with Crippen molar-refractivity contribution in [2.24, 2.45) is 0 Å². The molecule has 7 rings (SSSR count). The van der Waals surface area contributed by atoms with Crippen LogP contribution in [-0.4, -0.2) is 58.1 Å². The maximum absolute atomic E-state index is 13.7. The van der Waals surface area contributed by atoms with Crippen molar-refractivity contribution in [2.75, 3.05) is 30.8 Å². The Balaban J connectivity index is 0.933. The van der Waals surface area contributed by atoms with Crippen molar-refractivity contribution in [3.8, 4) is 21.6 Å². The molecule has 1 aliphatic carbocycles. The zero-order valence-electron chi connectivity index (χ0n) is 29.3. The largest absolute Gasteiger partial charge is 0.449 e. The summed E-state index contributed by atoms with van der Waals surface area (Å²) < 4.78 is 37.1. The summed E-state index contributed by atoms with van der Waals surface area (Å²) >= 11 is 1.33. The summed E-state index contributed by atoms with van der Waals surface area (Å²) in [6.07, 6.45) is 2.78. The number of alkyl carbamates (subject to hydrolysis) is 1. The highest BCUT2D eigenvalue weighted by atomic mass is 32.2. The van der Waals surface area contributed by atoms with Crippen LogP contribution in [0.4, 0.5) is 10.5 Å². The minimum absolute atomic E-state index is 0.0117. The predicted octanol–water partition coefficient (Wildman–Crippen LogP) is 7.04. The van der Waals surface area contributed by atoms with Gasteiger partial charge in [0.25, 0.3) is 0 Å². The smallest absolute Gasteiger partial charge is 0.407 e. The molecule has 3 heterocycles. The topological polar surface area (TPSA) is 149 Å². The van der Waals surface area contributed by atoms with Gasteiger partial charge in [0.1, 0.15) is 11.4 Å². The number of hydroxylamine groups is 1. The molecule has 2 saturated heterocycles. The van der Waals surface area contributed by atoms with E-state index in [4.69, 9.17) is 14.3 Å². The van der Waals surface area contributed by atoms with E-state index in [0.29, 0.717) is 42.9 Å². The summed E-state index contributed by atoms with van der Waals surface area (Å²) in [5.74, 6) is -0.830. The first kappa shape index (κ1) is 36.8. The lowest BCUT2D eigenvalue weighted by Gasteiger charge is -2.35. The molecule has 3 amide bonds. The van der Waals surface area contributed by atoms with Gasteiger partial charge in [-0.1, -0.05) is 67.1 Å². The fourth-order valence-corrected chi connectivity index (χ4v) is 11.3. The van der Waals surface area contributed by atoms with Gasteiger partial charge in [-0.25, -0.2) is 23.5 Å². The maximum atomic E-state index is 13.7. The Morgan fingerprint density at radius 3 is 2.38 bits per heavy atom. The third-order valence-electron chi connectivity index (χ3n) is 10.2. The van der Waals surface area contributed by atoms with Gasteiger partial charge in [0.15, 0.2) is 16.1 Å². The van der Waals surface area contributed by atoms with Gasteiger partial charge in [0, 0.05) is 47.4 Å². The number of fused-ring (bicyclic) bond motifs is 3. The number of hydrogen-bond acceptors (Lipinski definition) is 9. The quantitative estimate of drug-likeness (QED) is 0.130. The van der Waals surface area contributed by atoms with Crippen molar-refractivity contribution in [1.82, 2.24) is 10.8 Å². The van der Waals surface area contributed by atoms with Gasteiger partial charge in [0.2, 0.25) is 11.8 Å². The third-order valence-corrected chi connectivity index (χ3v) is 14.2. The first-order valence-electron chi connectivity index (χ1n) is 18.1. The fraction of sp³-hybridized carbons (Fsp3) is 0.375. The predicted molar refractivity (Wildman–Crippen MR) is 203 cm³/mol. The van der Waals surface area contributed by atoms with Crippen molar-refractivity contribution < 1.29 is 37.1 Å². The zero-order valence-corrected chi connectivity index (χ0v) is 30.9. The van der Waals surface area contributed by atoms with E-state index in [1.165, 1.54) is 11.3 Å². The number of nitrogens with one attached hydrogen (secondary N) is 3. The highest BCUT2D eigenvalue weighted by Crippen LogP contribution is 2.48. The molecule has 0 bridgehead atoms. The molecule has 0 spiro atoms. The van der Waals surface area contributed by atoms with Crippen molar-refractivity contribution in [3.63, 3.8) is 0 Å². The standard InChI is InChI=1S/C40H43N3O8S2/c44-36(19-21-41-39(46)50-26-33-31-14-3-1-12-29(31)30-13-2-4-15-32(30)33)42-28-11-9-10-27(24-28)34-17-18-35(52-34)40(20-6-8-23-53(40,47)48)25-37(45)43-51-38-16-5-7-22-49-38/h1-4,9-15,17-18,24,33,38H,5-8,16,19-23,25-26H2,(H,41,46)(H,42,44)(H,43,45)/t38?,40-/m0/s1. The van der Waals surface area contributed by atoms with Crippen LogP contribution in [0.5, 0.6) is 0 Å². The fourth-order valence-electron chi connectivity index (χ4n) is 7.49. The Kier molecular flexibility index (Phi) is 11.3. The molecule has 2 atom stereocenters. The summed E-state index contributed by atoms with van der Waals surface area (Å²) in [7, 11) is -3.65. The molecule has 13 heteroatoms. The van der Waals surface area contributed by atoms with Crippen LogP contribution in [0.1, 0.15) is 73.3 Å². The number of amides is 3. The van der Waals surface area contributed by atoms with E-state index in [9.17, 15) is 22.8 Å². The minimum Gasteiger partial charge on any atom is -0.449 e. The Bertz CT molecular complexity index is 2030. The van der Waals surface area contributed by atoms with E-state index in [-0.39, 0.29) is 43.6 Å². The van der Waals surface area contributed by atoms with Crippen LogP contribution in [-0.2, 0) is 38.5 Å². The van der Waals surface area contributed by atoms with Crippen molar-refractivity contribution in [2.45, 2.75) is 68.3 Å². The number of carbonyl (C=O) groups is 3. The molecule has 1 aromatic heterocycles. The van der Waals surface area contributed by atoms with Crippen LogP contribution in [0, 0.1) is 0 Å². The van der Waals surface area contributed by atoms with E-state index in [0.717, 1.165) is 45.5 Å². The zero-order chi connectivity index (χ0) is 36.8. The number of thiophene rings is 1. The molecular formula is C40H43N3O8S2. The number of ether oxygens (including phenoxy) is 2. The van der Waals surface area contributed by atoms with Crippen molar-refractivity contribution in [1.29, 1.82) is 0 Å². The number of anilines is 1. The molecule has 3 aliphatic rings. The Hall–Kier alpha value is -4.56. The second kappa shape index (κ2) is 16.2. The van der Waals surface area contributed by atoms with Crippen LogP contribution in [0.25, 0.3) is 21.6 Å². The van der Waals surface area contributed by atoms with Gasteiger partial charge in [-0.3, -0.25) is 9.59 Å². The third kappa shape index (κ3) is 8.18. The molecular weight excluding hydrogens is 715 g/mol. The first-order valence-corrected chi connectivity index (χ1v) is 20.6. The lowest BCUT2D eigenvalue weighted by molar-refractivity contribution is -0.200. The summed E-state index contributed by atoms with van der Waals surface area (Å²) in [5.41, 5.74) is 8.34. The van der Waals surface area contributed by atoms with E-state index in [1.807, 2.05) is 48.5 Å². The molecule has 2 fully saturated rings. The van der Waals surface area contributed by atoms with Crippen molar-refractivity contribution >= 4 is 44.8 Å². The van der Waals surface area contributed by atoms with E-state index in [2.05, 4.69) is 40.4 Å². The van der Waals surface area contributed by atoms with E-state index in [1.54, 1.807) is 12.1 Å². The second-order valence-electron chi connectivity index (χ2n) is 13.7. The number of hydrogen-bond donors (Lipinski definition) is 3. The number of sulfone groups is 1. The van der Waals surface area contributed by atoms with Crippen LogP contribution >= 0.6 is 11.3 Å². The van der Waals surface area contributed by atoms with Gasteiger partial charge >= 0.3 is 6.09 Å². The minimum atomic E-state index is -3.65. The Morgan fingerprint density at radius 1 is 0.868 bits per heavy atom. The van der Waals surface area contributed by atoms with Crippen LogP contribution in [0.15, 0.2) is 84.9 Å². The molecule has 2 aliphatic heterocycles. The maximum Gasteiger partial charge on any atom is 0.407 e. The highest BCUT2D eigenvalue weighted by molar-refractivity contribution is 7.92. The van der Waals surface area contributed by atoms with Gasteiger partial charge in [-0.15, -0.1) is 11.3 Å². The Labute approximate surface area is 313 Å². The summed E-state index contributed by atoms with van der Waals surface area (Å²) in [6.45, 7) is 0.843. The van der Waals surface area contributed by atoms with Crippen LogP contribution in [0.2, 0.25) is 0 Å². The SMILES string of the molecule is O=C(C[C@]1(c2ccc(-c3cccc(NC(=O)CCNC(=O)OCC4c5ccccc5-c5ccccc54)c3)s2)CCCCS1(=O)=O)NOC1CCCCO1. The van der Waals surface area contributed by atoms with Gasteiger partial charge in [0.05, 0.1) is 12.2 Å². The Morgan fingerprint density at radius 2 is 1.64 bits per heavy atom.